The number of likely N-dealkylation sites (N-methyl/N-ethyl adjacent to an activating group) is 2. The lowest BCUT2D eigenvalue weighted by molar-refractivity contribution is -0.138. The van der Waals surface area contributed by atoms with E-state index in [2.05, 4.69) is 40.3 Å². The third-order valence-electron chi connectivity index (χ3n) is 6.16. The number of carboxylic acids is 1. The summed E-state index contributed by atoms with van der Waals surface area (Å²) in [6.07, 6.45) is 0. The highest BCUT2D eigenvalue weighted by molar-refractivity contribution is 7.16. The van der Waals surface area contributed by atoms with Crippen LogP contribution in [-0.2, 0) is 23.7 Å². The molecule has 2 aromatic rings. The Morgan fingerprint density at radius 1 is 0.929 bits per heavy atom. The molecule has 0 fully saturated rings. The van der Waals surface area contributed by atoms with Crippen LogP contribution in [0.4, 0.5) is 16.4 Å². The van der Waals surface area contributed by atoms with Gasteiger partial charge in [-0.2, -0.15) is 10.5 Å². The van der Waals surface area contributed by atoms with E-state index in [-0.39, 0.29) is 6.54 Å². The Bertz CT molecular complexity index is 1240. The largest absolute Gasteiger partial charge is 0.480 e. The minimum Gasteiger partial charge on any atom is -0.480 e. The van der Waals surface area contributed by atoms with Gasteiger partial charge in [-0.25, -0.2) is 0 Å². The zero-order valence-electron chi connectivity index (χ0n) is 24.8. The van der Waals surface area contributed by atoms with E-state index in [1.54, 1.807) is 18.9 Å². The second-order valence-electron chi connectivity index (χ2n) is 9.29. The van der Waals surface area contributed by atoms with Crippen molar-refractivity contribution in [1.82, 2.24) is 4.90 Å². The number of aliphatic carboxylic acids is 1. The second-order valence-corrected chi connectivity index (χ2v) is 10.3. The fourth-order valence-corrected chi connectivity index (χ4v) is 4.67. The fourth-order valence-electron chi connectivity index (χ4n) is 3.79. The monoisotopic (exact) mass is 600 g/mol. The van der Waals surface area contributed by atoms with Crippen molar-refractivity contribution >= 4 is 33.7 Å². The molecular formula is C29H40N6O6S. The molecule has 2 rings (SSSR count). The van der Waals surface area contributed by atoms with E-state index in [0.29, 0.717) is 86.1 Å². The van der Waals surface area contributed by atoms with Gasteiger partial charge >= 0.3 is 5.97 Å². The first-order chi connectivity index (χ1) is 20.3. The van der Waals surface area contributed by atoms with Crippen LogP contribution in [-0.4, -0.2) is 102 Å². The maximum absolute atomic E-state index is 10.6. The van der Waals surface area contributed by atoms with Gasteiger partial charge in [0.2, 0.25) is 0 Å². The number of hydrogen-bond acceptors (Lipinski definition) is 12. The molecule has 1 N–H and O–H groups in total. The molecule has 1 aromatic heterocycles. The van der Waals surface area contributed by atoms with E-state index in [1.807, 2.05) is 19.1 Å². The summed E-state index contributed by atoms with van der Waals surface area (Å²) < 4.78 is 22.2. The SMILES string of the molecule is CCN(CCOCCOCCOCCOCCN(C)CC(=O)O)c1ccc(N=Nc2sc(C#N)c(C)c2C#N)c(C)c1. The summed E-state index contributed by atoms with van der Waals surface area (Å²) >= 11 is 1.17. The van der Waals surface area contributed by atoms with Crippen LogP contribution in [0.25, 0.3) is 0 Å². The van der Waals surface area contributed by atoms with Crippen molar-refractivity contribution in [3.05, 3.63) is 39.8 Å². The van der Waals surface area contributed by atoms with Crippen LogP contribution in [0, 0.1) is 36.5 Å². The van der Waals surface area contributed by atoms with E-state index < -0.39 is 5.97 Å². The first-order valence-electron chi connectivity index (χ1n) is 13.7. The summed E-state index contributed by atoms with van der Waals surface area (Å²) in [4.78, 5) is 15.0. The maximum Gasteiger partial charge on any atom is 0.317 e. The molecule has 0 saturated heterocycles. The van der Waals surface area contributed by atoms with Crippen LogP contribution >= 0.6 is 11.3 Å². The van der Waals surface area contributed by atoms with E-state index in [1.165, 1.54) is 11.3 Å². The molecule has 0 amide bonds. The van der Waals surface area contributed by atoms with Crippen molar-refractivity contribution in [3.8, 4) is 12.1 Å². The fraction of sp³-hybridized carbons (Fsp3) is 0.552. The molecule has 1 aromatic carbocycles. The van der Waals surface area contributed by atoms with Gasteiger partial charge in [-0.3, -0.25) is 9.69 Å². The number of carboxylic acid groups (broad SMARTS) is 1. The minimum absolute atomic E-state index is 0.00386. The molecule has 12 nitrogen and oxygen atoms in total. The smallest absolute Gasteiger partial charge is 0.317 e. The number of nitrogens with zero attached hydrogens (tertiary/aromatic N) is 6. The average molecular weight is 601 g/mol. The second kappa shape index (κ2) is 19.6. The van der Waals surface area contributed by atoms with Crippen molar-refractivity contribution in [2.75, 3.05) is 91.0 Å². The molecule has 0 bridgehead atoms. The number of benzene rings is 1. The molecule has 42 heavy (non-hydrogen) atoms. The van der Waals surface area contributed by atoms with E-state index in [9.17, 15) is 15.3 Å². The maximum atomic E-state index is 10.6. The topological polar surface area (TPSA) is 153 Å². The number of anilines is 1. The third-order valence-corrected chi connectivity index (χ3v) is 7.24. The van der Waals surface area contributed by atoms with Crippen LogP contribution in [0.3, 0.4) is 0 Å². The average Bonchev–Trinajstić information content (AvgIpc) is 3.28. The molecule has 1 heterocycles. The molecule has 0 atom stereocenters. The Morgan fingerprint density at radius 2 is 1.52 bits per heavy atom. The number of nitriles is 2. The summed E-state index contributed by atoms with van der Waals surface area (Å²) in [6.45, 7) is 11.7. The number of ether oxygens (including phenoxy) is 4. The van der Waals surface area contributed by atoms with Crippen molar-refractivity contribution in [1.29, 1.82) is 10.5 Å². The van der Waals surface area contributed by atoms with Crippen LogP contribution in [0.5, 0.6) is 0 Å². The van der Waals surface area contributed by atoms with Crippen LogP contribution in [0.15, 0.2) is 28.4 Å². The van der Waals surface area contributed by atoms with Crippen molar-refractivity contribution in [2.45, 2.75) is 20.8 Å². The zero-order chi connectivity index (χ0) is 30.7. The van der Waals surface area contributed by atoms with Crippen molar-refractivity contribution < 1.29 is 28.8 Å². The lowest BCUT2D eigenvalue weighted by Crippen LogP contribution is -2.29. The minimum atomic E-state index is -0.854. The van der Waals surface area contributed by atoms with Gasteiger partial charge in [0.25, 0.3) is 0 Å². The molecule has 0 spiro atoms. The Morgan fingerprint density at radius 3 is 2.05 bits per heavy atom. The molecule has 0 radical (unpaired) electrons. The number of carbonyl (C=O) groups is 1. The van der Waals surface area contributed by atoms with Gasteiger partial charge in [0, 0.05) is 25.3 Å². The molecule has 0 aliphatic carbocycles. The number of azo groups is 1. The molecule has 0 saturated carbocycles. The summed E-state index contributed by atoms with van der Waals surface area (Å²) in [6, 6.07) is 10.2. The number of thiophene rings is 1. The van der Waals surface area contributed by atoms with Gasteiger partial charge in [0.15, 0.2) is 5.00 Å². The Labute approximate surface area is 251 Å². The van der Waals surface area contributed by atoms with E-state index in [4.69, 9.17) is 24.1 Å². The molecule has 0 aliphatic heterocycles. The summed E-state index contributed by atoms with van der Waals surface area (Å²) in [5.74, 6) is -0.854. The number of hydrogen-bond donors (Lipinski definition) is 1. The summed E-state index contributed by atoms with van der Waals surface area (Å²) in [5.41, 5.74) is 3.74. The van der Waals surface area contributed by atoms with Crippen molar-refractivity contribution in [3.63, 3.8) is 0 Å². The third kappa shape index (κ3) is 12.2. The standard InChI is InChI=1S/C29H40N6O6S/c1-5-35(9-11-39-13-15-41-17-16-40-14-12-38-10-8-34(4)21-28(36)37)24-6-7-26(22(2)18-24)32-33-29-25(19-30)23(3)27(20-31)42-29/h6-7,18H,5,8-17,21H2,1-4H3,(H,36,37). The normalized spacial score (nSPS) is 11.2. The van der Waals surface area contributed by atoms with E-state index in [0.717, 1.165) is 24.3 Å². The molecule has 0 aliphatic rings. The highest BCUT2D eigenvalue weighted by atomic mass is 32.1. The quantitative estimate of drug-likeness (QED) is 0.161. The summed E-state index contributed by atoms with van der Waals surface area (Å²) in [7, 11) is 1.74. The van der Waals surface area contributed by atoms with Crippen molar-refractivity contribution in [2.24, 2.45) is 10.2 Å². The number of rotatable bonds is 21. The van der Waals surface area contributed by atoms with Gasteiger partial charge < -0.3 is 29.0 Å². The molecular weight excluding hydrogens is 560 g/mol. The molecule has 0 unspecified atom stereocenters. The van der Waals surface area contributed by atoms with Crippen LogP contribution < -0.4 is 4.90 Å². The van der Waals surface area contributed by atoms with E-state index >= 15 is 0 Å². The Kier molecular flexibility index (Phi) is 16.3. The Hall–Kier alpha value is -3.43. The highest BCUT2D eigenvalue weighted by Crippen LogP contribution is 2.36. The van der Waals surface area contributed by atoms with Gasteiger partial charge in [0.1, 0.15) is 17.0 Å². The lowest BCUT2D eigenvalue weighted by atomic mass is 10.1. The van der Waals surface area contributed by atoms with Crippen LogP contribution in [0.2, 0.25) is 0 Å². The van der Waals surface area contributed by atoms with Gasteiger partial charge in [-0.15, -0.1) is 21.6 Å². The molecule has 13 heteroatoms. The predicted molar refractivity (Wildman–Crippen MR) is 160 cm³/mol. The van der Waals surface area contributed by atoms with Gasteiger partial charge in [-0.05, 0) is 57.1 Å². The summed E-state index contributed by atoms with van der Waals surface area (Å²) in [5, 5.41) is 36.4. The predicted octanol–water partition coefficient (Wildman–Crippen LogP) is 4.43. The zero-order valence-corrected chi connectivity index (χ0v) is 25.6. The lowest BCUT2D eigenvalue weighted by Gasteiger charge is -2.23. The van der Waals surface area contributed by atoms with Crippen LogP contribution in [0.1, 0.15) is 28.5 Å². The number of aryl methyl sites for hydroxylation is 1. The Balaban J connectivity index is 1.61. The first-order valence-corrected chi connectivity index (χ1v) is 14.5. The van der Waals surface area contributed by atoms with Gasteiger partial charge in [-0.1, -0.05) is 0 Å². The molecule has 228 valence electrons. The first kappa shape index (κ1) is 34.8. The van der Waals surface area contributed by atoms with Gasteiger partial charge in [0.05, 0.1) is 70.7 Å². The highest BCUT2D eigenvalue weighted by Gasteiger charge is 2.15.